The van der Waals surface area contributed by atoms with Crippen LogP contribution in [0.15, 0.2) is 12.3 Å². The van der Waals surface area contributed by atoms with E-state index in [1.54, 1.807) is 12.3 Å². The fourth-order valence-electron chi connectivity index (χ4n) is 3.27. The number of H-pyrrole nitrogens is 1. The van der Waals surface area contributed by atoms with Crippen LogP contribution < -0.4 is 10.6 Å². The van der Waals surface area contributed by atoms with Crippen molar-refractivity contribution in [2.75, 3.05) is 25.0 Å². The number of hydrogen-bond donors (Lipinski definition) is 3. The van der Waals surface area contributed by atoms with E-state index in [0.717, 1.165) is 26.1 Å². The Bertz CT molecular complexity index is 556. The Kier molecular flexibility index (Phi) is 6.99. The molecule has 140 valence electrons. The van der Waals surface area contributed by atoms with Crippen molar-refractivity contribution in [1.29, 1.82) is 0 Å². The highest BCUT2D eigenvalue weighted by molar-refractivity contribution is 5.96. The second kappa shape index (κ2) is 8.99. The number of likely N-dealkylation sites (tertiary alicyclic amines) is 1. The van der Waals surface area contributed by atoms with E-state index in [2.05, 4.69) is 39.6 Å². The molecule has 1 fully saturated rings. The molecule has 0 spiro atoms. The van der Waals surface area contributed by atoms with Gasteiger partial charge in [0.25, 0.3) is 0 Å². The maximum Gasteiger partial charge on any atom is 0.248 e. The molecule has 1 aromatic heterocycles. The molecule has 2 rings (SSSR count). The highest BCUT2D eigenvalue weighted by atomic mass is 16.2. The van der Waals surface area contributed by atoms with Crippen LogP contribution in [0, 0.1) is 17.8 Å². The largest absolute Gasteiger partial charge is 0.344 e. The van der Waals surface area contributed by atoms with E-state index in [1.165, 1.54) is 0 Å². The molecular formula is C18H31N5O2. The van der Waals surface area contributed by atoms with Gasteiger partial charge in [-0.25, -0.2) is 0 Å². The van der Waals surface area contributed by atoms with Gasteiger partial charge in [0.05, 0.1) is 12.1 Å². The number of aromatic nitrogens is 2. The monoisotopic (exact) mass is 349 g/mol. The predicted molar refractivity (Wildman–Crippen MR) is 98.0 cm³/mol. The number of amides is 2. The van der Waals surface area contributed by atoms with Crippen molar-refractivity contribution in [2.24, 2.45) is 17.8 Å². The fraction of sp³-hybridized carbons (Fsp3) is 0.722. The normalized spacial score (nSPS) is 19.4. The zero-order valence-corrected chi connectivity index (χ0v) is 15.7. The van der Waals surface area contributed by atoms with Gasteiger partial charge in [0.15, 0.2) is 0 Å². The molecule has 7 nitrogen and oxygen atoms in total. The average Bonchev–Trinajstić information content (AvgIpc) is 3.17. The van der Waals surface area contributed by atoms with Gasteiger partial charge in [-0.2, -0.15) is 5.10 Å². The number of rotatable bonds is 8. The molecule has 7 heteroatoms. The summed E-state index contributed by atoms with van der Waals surface area (Å²) in [5.41, 5.74) is 0. The number of nitrogens with zero attached hydrogens (tertiary/aromatic N) is 2. The average molecular weight is 349 g/mol. The zero-order chi connectivity index (χ0) is 18.4. The lowest BCUT2D eigenvalue weighted by atomic mass is 10.0. The van der Waals surface area contributed by atoms with E-state index in [-0.39, 0.29) is 17.7 Å². The summed E-state index contributed by atoms with van der Waals surface area (Å²) < 4.78 is 0. The van der Waals surface area contributed by atoms with Crippen molar-refractivity contribution in [1.82, 2.24) is 20.4 Å². The van der Waals surface area contributed by atoms with Crippen molar-refractivity contribution in [2.45, 2.75) is 46.6 Å². The van der Waals surface area contributed by atoms with Gasteiger partial charge in [-0.15, -0.1) is 0 Å². The smallest absolute Gasteiger partial charge is 0.248 e. The topological polar surface area (TPSA) is 90.1 Å². The lowest BCUT2D eigenvalue weighted by Crippen LogP contribution is -2.47. The Hall–Kier alpha value is -1.89. The highest BCUT2D eigenvalue weighted by Crippen LogP contribution is 2.18. The maximum absolute atomic E-state index is 12.6. The van der Waals surface area contributed by atoms with Crippen molar-refractivity contribution in [3.8, 4) is 0 Å². The summed E-state index contributed by atoms with van der Waals surface area (Å²) in [5.74, 6) is 1.18. The van der Waals surface area contributed by atoms with Gasteiger partial charge in [-0.3, -0.25) is 14.7 Å². The Morgan fingerprint density at radius 3 is 2.68 bits per heavy atom. The number of carbonyl (C=O) groups excluding carboxylic acids is 2. The third-order valence-electron chi connectivity index (χ3n) is 4.37. The Morgan fingerprint density at radius 2 is 2.08 bits per heavy atom. The first-order chi connectivity index (χ1) is 11.8. The van der Waals surface area contributed by atoms with Gasteiger partial charge in [-0.1, -0.05) is 27.7 Å². The summed E-state index contributed by atoms with van der Waals surface area (Å²) >= 11 is 0. The molecule has 0 radical (unpaired) electrons. The van der Waals surface area contributed by atoms with Crippen LogP contribution in [0.4, 0.5) is 5.82 Å². The van der Waals surface area contributed by atoms with Crippen LogP contribution in [0.3, 0.4) is 0 Å². The first-order valence-electron chi connectivity index (χ1n) is 9.18. The van der Waals surface area contributed by atoms with E-state index in [1.807, 2.05) is 13.8 Å². The molecule has 0 unspecified atom stereocenters. The quantitative estimate of drug-likeness (QED) is 0.668. The van der Waals surface area contributed by atoms with E-state index < -0.39 is 6.04 Å². The molecule has 2 atom stereocenters. The van der Waals surface area contributed by atoms with E-state index in [9.17, 15) is 9.59 Å². The van der Waals surface area contributed by atoms with Gasteiger partial charge in [0, 0.05) is 19.2 Å². The van der Waals surface area contributed by atoms with Crippen molar-refractivity contribution in [3.05, 3.63) is 12.3 Å². The SMILES string of the molecule is CC(C)C[C@H](NC(=O)[C@@H]1CCN(CC(C)C)C1)C(=O)Nc1ccn[nH]1. The first-order valence-corrected chi connectivity index (χ1v) is 9.18. The minimum Gasteiger partial charge on any atom is -0.344 e. The number of anilines is 1. The summed E-state index contributed by atoms with van der Waals surface area (Å²) in [7, 11) is 0. The van der Waals surface area contributed by atoms with Crippen LogP contribution in [-0.4, -0.2) is 52.6 Å². The van der Waals surface area contributed by atoms with Gasteiger partial charge >= 0.3 is 0 Å². The standard InChI is InChI=1S/C18H31N5O2/c1-12(2)9-15(18(25)21-16-5-7-19-22-16)20-17(24)14-6-8-23(11-14)10-13(3)4/h5,7,12-15H,6,8-11H2,1-4H3,(H,20,24)(H2,19,21,22,25)/t14-,15+/m1/s1. The van der Waals surface area contributed by atoms with Crippen LogP contribution >= 0.6 is 0 Å². The Morgan fingerprint density at radius 1 is 1.32 bits per heavy atom. The molecular weight excluding hydrogens is 318 g/mol. The van der Waals surface area contributed by atoms with Gasteiger partial charge in [0.2, 0.25) is 11.8 Å². The van der Waals surface area contributed by atoms with Crippen molar-refractivity contribution in [3.63, 3.8) is 0 Å². The molecule has 0 aliphatic carbocycles. The summed E-state index contributed by atoms with van der Waals surface area (Å²) in [5, 5.41) is 12.3. The summed E-state index contributed by atoms with van der Waals surface area (Å²) in [4.78, 5) is 27.5. The van der Waals surface area contributed by atoms with Crippen LogP contribution in [0.1, 0.15) is 40.5 Å². The summed E-state index contributed by atoms with van der Waals surface area (Å²) in [6.07, 6.45) is 3.04. The molecule has 3 N–H and O–H groups in total. The van der Waals surface area contributed by atoms with Crippen LogP contribution in [-0.2, 0) is 9.59 Å². The van der Waals surface area contributed by atoms with Crippen molar-refractivity contribution < 1.29 is 9.59 Å². The lowest BCUT2D eigenvalue weighted by molar-refractivity contribution is -0.129. The van der Waals surface area contributed by atoms with E-state index in [4.69, 9.17) is 0 Å². The number of aromatic amines is 1. The van der Waals surface area contributed by atoms with Crippen LogP contribution in [0.25, 0.3) is 0 Å². The minimum absolute atomic E-state index is 0.0170. The molecule has 0 saturated carbocycles. The van der Waals surface area contributed by atoms with Gasteiger partial charge in [0.1, 0.15) is 11.9 Å². The molecule has 1 saturated heterocycles. The lowest BCUT2D eigenvalue weighted by Gasteiger charge is -2.22. The molecule has 2 amide bonds. The van der Waals surface area contributed by atoms with Crippen LogP contribution in [0.2, 0.25) is 0 Å². The summed E-state index contributed by atoms with van der Waals surface area (Å²) in [6.45, 7) is 11.2. The molecule has 25 heavy (non-hydrogen) atoms. The van der Waals surface area contributed by atoms with Crippen LogP contribution in [0.5, 0.6) is 0 Å². The second-order valence-corrected chi connectivity index (χ2v) is 7.79. The third-order valence-corrected chi connectivity index (χ3v) is 4.37. The molecule has 0 bridgehead atoms. The number of carbonyl (C=O) groups is 2. The number of nitrogens with one attached hydrogen (secondary N) is 3. The molecule has 1 aliphatic heterocycles. The van der Waals surface area contributed by atoms with Gasteiger partial charge in [-0.05, 0) is 31.2 Å². The first kappa shape index (κ1) is 19.4. The molecule has 1 aliphatic rings. The Balaban J connectivity index is 1.92. The fourth-order valence-corrected chi connectivity index (χ4v) is 3.27. The third kappa shape index (κ3) is 6.16. The van der Waals surface area contributed by atoms with E-state index >= 15 is 0 Å². The summed E-state index contributed by atoms with van der Waals surface area (Å²) in [6, 6.07) is 1.15. The zero-order valence-electron chi connectivity index (χ0n) is 15.7. The predicted octanol–water partition coefficient (Wildman–Crippen LogP) is 1.86. The second-order valence-electron chi connectivity index (χ2n) is 7.79. The molecule has 0 aromatic carbocycles. The van der Waals surface area contributed by atoms with Gasteiger partial charge < -0.3 is 15.5 Å². The maximum atomic E-state index is 12.6. The highest BCUT2D eigenvalue weighted by Gasteiger charge is 2.31. The molecule has 2 heterocycles. The Labute approximate surface area is 149 Å². The van der Waals surface area contributed by atoms with E-state index in [0.29, 0.717) is 24.1 Å². The minimum atomic E-state index is -0.532. The molecule has 1 aromatic rings. The van der Waals surface area contributed by atoms with Crippen molar-refractivity contribution >= 4 is 17.6 Å². The number of hydrogen-bond acceptors (Lipinski definition) is 4.